The van der Waals surface area contributed by atoms with Crippen molar-refractivity contribution < 1.29 is 4.74 Å². The topological polar surface area (TPSA) is 9.23 Å². The van der Waals surface area contributed by atoms with E-state index < -0.39 is 0 Å². The minimum Gasteiger partial charge on any atom is -0.494 e. The van der Waals surface area contributed by atoms with Gasteiger partial charge in [-0.3, -0.25) is 0 Å². The van der Waals surface area contributed by atoms with Gasteiger partial charge in [0, 0.05) is 17.9 Å². The molecule has 0 spiro atoms. The number of hydrogen-bond acceptors (Lipinski definition) is 1. The Morgan fingerprint density at radius 1 is 1.33 bits per heavy atom. The van der Waals surface area contributed by atoms with Crippen LogP contribution in [0, 0.1) is 17.8 Å². The zero-order valence-corrected chi connectivity index (χ0v) is 12.0. The van der Waals surface area contributed by atoms with E-state index in [0.717, 1.165) is 36.7 Å². The predicted molar refractivity (Wildman–Crippen MR) is 78.2 cm³/mol. The largest absolute Gasteiger partial charge is 0.494 e. The van der Waals surface area contributed by atoms with Gasteiger partial charge in [-0.15, -0.1) is 11.6 Å². The number of rotatable bonds is 6. The van der Waals surface area contributed by atoms with Crippen LogP contribution in [0.3, 0.4) is 0 Å². The molecular formula is C16H21ClO. The average molecular weight is 265 g/mol. The fourth-order valence-corrected chi connectivity index (χ4v) is 1.65. The quantitative estimate of drug-likeness (QED) is 0.418. The van der Waals surface area contributed by atoms with E-state index in [1.54, 1.807) is 0 Å². The molecule has 1 aromatic carbocycles. The third kappa shape index (κ3) is 6.57. The van der Waals surface area contributed by atoms with Gasteiger partial charge >= 0.3 is 0 Å². The van der Waals surface area contributed by atoms with E-state index in [-0.39, 0.29) is 0 Å². The Bertz CT molecular complexity index is 401. The van der Waals surface area contributed by atoms with Crippen molar-refractivity contribution in [1.82, 2.24) is 0 Å². The summed E-state index contributed by atoms with van der Waals surface area (Å²) >= 11 is 5.58. The summed E-state index contributed by atoms with van der Waals surface area (Å²) in [5, 5.41) is 0. The monoisotopic (exact) mass is 264 g/mol. The van der Waals surface area contributed by atoms with Crippen LogP contribution in [0.2, 0.25) is 0 Å². The molecule has 0 amide bonds. The van der Waals surface area contributed by atoms with Gasteiger partial charge in [-0.2, -0.15) is 0 Å². The first-order chi connectivity index (χ1) is 8.72. The van der Waals surface area contributed by atoms with Gasteiger partial charge in [0.2, 0.25) is 0 Å². The molecule has 0 aromatic heterocycles. The minimum absolute atomic E-state index is 0.582. The molecule has 0 saturated carbocycles. The van der Waals surface area contributed by atoms with Crippen LogP contribution in [0.25, 0.3) is 0 Å². The van der Waals surface area contributed by atoms with Crippen molar-refractivity contribution in [2.75, 3.05) is 12.5 Å². The van der Waals surface area contributed by atoms with Gasteiger partial charge in [-0.25, -0.2) is 0 Å². The molecule has 0 bridgehead atoms. The summed E-state index contributed by atoms with van der Waals surface area (Å²) < 4.78 is 5.71. The predicted octanol–water partition coefficient (Wildman–Crippen LogP) is 4.48. The molecule has 98 valence electrons. The van der Waals surface area contributed by atoms with Gasteiger partial charge in [0.1, 0.15) is 5.75 Å². The molecule has 0 heterocycles. The highest BCUT2D eigenvalue weighted by Crippen LogP contribution is 2.13. The molecule has 0 atom stereocenters. The Labute approximate surface area is 115 Å². The molecule has 1 rings (SSSR count). The highest BCUT2D eigenvalue weighted by Gasteiger charge is 1.97. The third-order valence-electron chi connectivity index (χ3n) is 2.48. The lowest BCUT2D eigenvalue weighted by Crippen LogP contribution is -1.99. The normalized spacial score (nSPS) is 10.0. The minimum atomic E-state index is 0.582. The highest BCUT2D eigenvalue weighted by atomic mass is 35.5. The number of benzene rings is 1. The maximum Gasteiger partial charge on any atom is 0.120 e. The molecule has 0 fully saturated rings. The summed E-state index contributed by atoms with van der Waals surface area (Å²) in [7, 11) is 0. The molecule has 0 aliphatic carbocycles. The molecule has 18 heavy (non-hydrogen) atoms. The Kier molecular flexibility index (Phi) is 7.37. The van der Waals surface area contributed by atoms with Crippen molar-refractivity contribution in [1.29, 1.82) is 0 Å². The van der Waals surface area contributed by atoms with Gasteiger partial charge in [0.05, 0.1) is 6.61 Å². The summed E-state index contributed by atoms with van der Waals surface area (Å²) in [5.74, 6) is 8.32. The molecular weight excluding hydrogens is 244 g/mol. The molecule has 0 unspecified atom stereocenters. The van der Waals surface area contributed by atoms with E-state index in [9.17, 15) is 0 Å². The average Bonchev–Trinajstić information content (AvgIpc) is 2.35. The van der Waals surface area contributed by atoms with Gasteiger partial charge < -0.3 is 4.74 Å². The molecule has 1 nitrogen and oxygen atoms in total. The summed E-state index contributed by atoms with van der Waals surface area (Å²) in [5.41, 5.74) is 0.987. The Morgan fingerprint density at radius 2 is 2.17 bits per heavy atom. The fraction of sp³-hybridized carbons (Fsp3) is 0.500. The second-order valence-electron chi connectivity index (χ2n) is 4.65. The van der Waals surface area contributed by atoms with Gasteiger partial charge in [0.15, 0.2) is 0 Å². The molecule has 0 radical (unpaired) electrons. The van der Waals surface area contributed by atoms with E-state index in [2.05, 4.69) is 25.7 Å². The molecule has 0 aliphatic heterocycles. The maximum absolute atomic E-state index is 5.71. The highest BCUT2D eigenvalue weighted by molar-refractivity contribution is 6.18. The van der Waals surface area contributed by atoms with Gasteiger partial charge in [-0.05, 0) is 37.0 Å². The number of alkyl halides is 1. The zero-order chi connectivity index (χ0) is 13.2. The van der Waals surface area contributed by atoms with Gasteiger partial charge in [-0.1, -0.05) is 31.8 Å². The third-order valence-corrected chi connectivity index (χ3v) is 2.67. The van der Waals surface area contributed by atoms with Crippen LogP contribution in [0.1, 0.15) is 38.7 Å². The van der Waals surface area contributed by atoms with E-state index in [1.807, 2.05) is 24.3 Å². The van der Waals surface area contributed by atoms with E-state index in [1.165, 1.54) is 6.42 Å². The molecule has 0 N–H and O–H groups in total. The smallest absolute Gasteiger partial charge is 0.120 e. The van der Waals surface area contributed by atoms with Crippen LogP contribution in [0.15, 0.2) is 24.3 Å². The Morgan fingerprint density at radius 3 is 2.89 bits per heavy atom. The zero-order valence-electron chi connectivity index (χ0n) is 11.2. The first-order valence-corrected chi connectivity index (χ1v) is 7.03. The summed E-state index contributed by atoms with van der Waals surface area (Å²) in [6, 6.07) is 7.92. The van der Waals surface area contributed by atoms with E-state index >= 15 is 0 Å². The summed E-state index contributed by atoms with van der Waals surface area (Å²) in [6.45, 7) is 5.23. The van der Waals surface area contributed by atoms with Crippen LogP contribution in [0.4, 0.5) is 0 Å². The lowest BCUT2D eigenvalue weighted by atomic mass is 10.1. The van der Waals surface area contributed by atoms with Crippen molar-refractivity contribution in [2.45, 2.75) is 33.1 Å². The first kappa shape index (κ1) is 14.9. The van der Waals surface area contributed by atoms with Crippen LogP contribution >= 0.6 is 11.6 Å². The van der Waals surface area contributed by atoms with Crippen molar-refractivity contribution >= 4 is 11.6 Å². The second kappa shape index (κ2) is 8.89. The molecule has 0 aliphatic rings. The SMILES string of the molecule is CC(C)CCCOc1cccc(C#CCCCl)c1. The van der Waals surface area contributed by atoms with E-state index in [4.69, 9.17) is 16.3 Å². The molecule has 0 saturated heterocycles. The Hall–Kier alpha value is -1.13. The molecule has 1 aromatic rings. The lowest BCUT2D eigenvalue weighted by molar-refractivity contribution is 0.297. The number of halogens is 1. The van der Waals surface area contributed by atoms with Crippen molar-refractivity contribution in [3.05, 3.63) is 29.8 Å². The Balaban J connectivity index is 2.42. The van der Waals surface area contributed by atoms with Crippen LogP contribution in [-0.4, -0.2) is 12.5 Å². The van der Waals surface area contributed by atoms with Crippen molar-refractivity contribution in [2.24, 2.45) is 5.92 Å². The van der Waals surface area contributed by atoms with Crippen LogP contribution in [0.5, 0.6) is 5.75 Å². The summed E-state index contributed by atoms with van der Waals surface area (Å²) in [6.07, 6.45) is 3.02. The van der Waals surface area contributed by atoms with Gasteiger partial charge in [0.25, 0.3) is 0 Å². The maximum atomic E-state index is 5.71. The molecule has 2 heteroatoms. The lowest BCUT2D eigenvalue weighted by Gasteiger charge is -2.07. The van der Waals surface area contributed by atoms with Crippen molar-refractivity contribution in [3.63, 3.8) is 0 Å². The standard InChI is InChI=1S/C16H21ClO/c1-14(2)7-6-12-18-16-10-5-9-15(13-16)8-3-4-11-17/h5,9-10,13-14H,4,6-7,11-12H2,1-2H3. The van der Waals surface area contributed by atoms with Crippen LogP contribution < -0.4 is 4.74 Å². The summed E-state index contributed by atoms with van der Waals surface area (Å²) in [4.78, 5) is 0. The second-order valence-corrected chi connectivity index (χ2v) is 5.03. The van der Waals surface area contributed by atoms with E-state index in [0.29, 0.717) is 5.88 Å². The number of ether oxygens (including phenoxy) is 1. The van der Waals surface area contributed by atoms with Crippen LogP contribution in [-0.2, 0) is 0 Å². The first-order valence-electron chi connectivity index (χ1n) is 6.50. The fourth-order valence-electron chi connectivity index (χ4n) is 1.56. The van der Waals surface area contributed by atoms with Crippen molar-refractivity contribution in [3.8, 4) is 17.6 Å². The number of hydrogen-bond donors (Lipinski definition) is 0.